The number of carbonyl (C=O) groups excluding carboxylic acids is 2. The summed E-state index contributed by atoms with van der Waals surface area (Å²) < 4.78 is 6.13. The van der Waals surface area contributed by atoms with Crippen LogP contribution < -0.4 is 15.4 Å². The van der Waals surface area contributed by atoms with Crippen LogP contribution in [0.1, 0.15) is 82.1 Å². The minimum absolute atomic E-state index is 0.00406. The number of hydrogen-bond acceptors (Lipinski definition) is 10. The van der Waals surface area contributed by atoms with Gasteiger partial charge in [-0.15, -0.1) is 0 Å². The number of amides is 2. The van der Waals surface area contributed by atoms with Crippen LogP contribution in [-0.4, -0.2) is 121 Å². The topological polar surface area (TPSA) is 147 Å². The lowest BCUT2D eigenvalue weighted by Crippen LogP contribution is -2.53. The van der Waals surface area contributed by atoms with E-state index in [0.29, 0.717) is 42.0 Å². The molecule has 57 heavy (non-hydrogen) atoms. The first kappa shape index (κ1) is 44.3. The summed E-state index contributed by atoms with van der Waals surface area (Å²) in [5, 5.41) is 40.8. The van der Waals surface area contributed by atoms with Crippen molar-refractivity contribution in [1.29, 1.82) is 0 Å². The molecule has 12 heteroatoms. The second kappa shape index (κ2) is 19.8. The molecule has 2 amide bonds. The molecule has 0 radical (unpaired) electrons. The molecule has 2 aliphatic carbocycles. The van der Waals surface area contributed by atoms with E-state index < -0.39 is 36.3 Å². The average Bonchev–Trinajstić information content (AvgIpc) is 3.56. The highest BCUT2D eigenvalue weighted by Crippen LogP contribution is 2.41. The van der Waals surface area contributed by atoms with Gasteiger partial charge in [-0.05, 0) is 76.1 Å². The summed E-state index contributed by atoms with van der Waals surface area (Å²) in [6.45, 7) is 8.54. The Kier molecular flexibility index (Phi) is 15.4. The first-order chi connectivity index (χ1) is 27.1. The fourth-order valence-electron chi connectivity index (χ4n) is 8.94. The van der Waals surface area contributed by atoms with Gasteiger partial charge in [-0.2, -0.15) is 5.06 Å². The Morgan fingerprint density at radius 1 is 1.02 bits per heavy atom. The fraction of sp³-hybridized carbons (Fsp3) is 0.600. The van der Waals surface area contributed by atoms with E-state index in [1.807, 2.05) is 98.7 Å². The third-order valence-electron chi connectivity index (χ3n) is 12.3. The predicted molar refractivity (Wildman–Crippen MR) is 222 cm³/mol. The summed E-state index contributed by atoms with van der Waals surface area (Å²) in [6.07, 6.45) is 4.95. The highest BCUT2D eigenvalue weighted by atomic mass is 16.7. The summed E-state index contributed by atoms with van der Waals surface area (Å²) in [6, 6.07) is 13.8. The molecule has 0 aromatic heterocycles. The lowest BCUT2D eigenvalue weighted by molar-refractivity contribution is -0.182. The Morgan fingerprint density at radius 3 is 2.35 bits per heavy atom. The van der Waals surface area contributed by atoms with Crippen LogP contribution in [-0.2, 0) is 21.0 Å². The molecule has 2 unspecified atom stereocenters. The molecular weight excluding hydrogens is 723 g/mol. The molecule has 5 N–H and O–H groups in total. The van der Waals surface area contributed by atoms with Crippen molar-refractivity contribution in [1.82, 2.24) is 25.5 Å². The highest BCUT2D eigenvalue weighted by molar-refractivity contribution is 5.97. The van der Waals surface area contributed by atoms with Crippen molar-refractivity contribution in [2.75, 3.05) is 48.5 Å². The molecule has 1 saturated heterocycles. The molecule has 0 bridgehead atoms. The molecule has 1 heterocycles. The third-order valence-corrected chi connectivity index (χ3v) is 12.3. The molecule has 5 rings (SSSR count). The fourth-order valence-corrected chi connectivity index (χ4v) is 8.94. The van der Waals surface area contributed by atoms with Crippen LogP contribution in [0.25, 0.3) is 0 Å². The molecular formula is C45H67N5O7. The van der Waals surface area contributed by atoms with Gasteiger partial charge in [0.25, 0.3) is 5.91 Å². The van der Waals surface area contributed by atoms with Gasteiger partial charge in [-0.3, -0.25) is 14.4 Å². The monoisotopic (exact) mass is 790 g/mol. The summed E-state index contributed by atoms with van der Waals surface area (Å²) in [5.41, 5.74) is 3.78. The second-order valence-corrected chi connectivity index (χ2v) is 17.3. The number of hydrogen-bond donors (Lipinski definition) is 5. The van der Waals surface area contributed by atoms with E-state index in [-0.39, 0.29) is 36.9 Å². The smallest absolute Gasteiger partial charge is 0.251 e. The molecule has 1 saturated carbocycles. The number of allylic oxidation sites excluding steroid dienone is 2. The summed E-state index contributed by atoms with van der Waals surface area (Å²) in [7, 11) is 9.34. The van der Waals surface area contributed by atoms with Crippen molar-refractivity contribution < 1.29 is 34.5 Å². The molecule has 2 aromatic carbocycles. The second-order valence-electron chi connectivity index (χ2n) is 17.3. The zero-order chi connectivity index (χ0) is 41.6. The highest BCUT2D eigenvalue weighted by Gasteiger charge is 2.50. The van der Waals surface area contributed by atoms with Gasteiger partial charge >= 0.3 is 0 Å². The number of para-hydroxylation sites is 1. The summed E-state index contributed by atoms with van der Waals surface area (Å²) >= 11 is 0. The number of benzene rings is 2. The maximum atomic E-state index is 14.3. The van der Waals surface area contributed by atoms with Gasteiger partial charge in [-0.1, -0.05) is 75.4 Å². The van der Waals surface area contributed by atoms with E-state index in [9.17, 15) is 24.9 Å². The standard InChI is InChI=1S/C45H67N5O7/c1-27(2)31-19-18-28(3)37(23-31)46-45(55)41-40(29(4)52)39(26-51)57-50(41)24-32-16-13-17-36(43(32)56-9)33-20-34(22-35(21-33)49(7)8)44(54)47-38(25-48(5)6)42(53)30-14-11-10-12-15-30/h10-17,20,22,27-29,31,33,37-42,51-53H,18-19,21,23-26H2,1-9H3,(H,46,55)(H,47,54)/t28-,29-,31+,33?,37-,38-,39-,40+,41-,42?/m0/s1. The number of ether oxygens (including phenoxy) is 1. The Balaban J connectivity index is 1.43. The van der Waals surface area contributed by atoms with E-state index in [2.05, 4.69) is 31.4 Å². The van der Waals surface area contributed by atoms with E-state index >= 15 is 0 Å². The normalized spacial score (nSPS) is 27.0. The van der Waals surface area contributed by atoms with Gasteiger partial charge in [0.2, 0.25) is 5.91 Å². The number of aliphatic hydroxyl groups excluding tert-OH is 3. The van der Waals surface area contributed by atoms with Crippen LogP contribution in [0.5, 0.6) is 5.75 Å². The van der Waals surface area contributed by atoms with E-state index in [4.69, 9.17) is 9.57 Å². The lowest BCUT2D eigenvalue weighted by atomic mass is 9.74. The zero-order valence-corrected chi connectivity index (χ0v) is 35.4. The predicted octanol–water partition coefficient (Wildman–Crippen LogP) is 4.39. The maximum absolute atomic E-state index is 14.3. The number of methoxy groups -OCH3 is 1. The first-order valence-electron chi connectivity index (χ1n) is 20.6. The van der Waals surface area contributed by atoms with Gasteiger partial charge < -0.3 is 40.5 Å². The van der Waals surface area contributed by atoms with Crippen LogP contribution in [0.3, 0.4) is 0 Å². The van der Waals surface area contributed by atoms with Crippen molar-refractivity contribution in [2.24, 2.45) is 23.7 Å². The summed E-state index contributed by atoms with van der Waals surface area (Å²) in [5.74, 6) is 0.559. The van der Waals surface area contributed by atoms with Crippen LogP contribution in [0.4, 0.5) is 0 Å². The van der Waals surface area contributed by atoms with Gasteiger partial charge in [0.1, 0.15) is 24.0 Å². The Bertz CT molecular complexity index is 1710. The quantitative estimate of drug-likeness (QED) is 0.166. The van der Waals surface area contributed by atoms with Crippen LogP contribution >= 0.6 is 0 Å². The largest absolute Gasteiger partial charge is 0.496 e. The van der Waals surface area contributed by atoms with Crippen molar-refractivity contribution in [2.45, 2.75) is 102 Å². The molecule has 2 aromatic rings. The van der Waals surface area contributed by atoms with Crippen molar-refractivity contribution >= 4 is 11.8 Å². The van der Waals surface area contributed by atoms with Gasteiger partial charge in [0.15, 0.2) is 0 Å². The molecule has 2 fully saturated rings. The molecule has 12 nitrogen and oxygen atoms in total. The first-order valence-corrected chi connectivity index (χ1v) is 20.6. The zero-order valence-electron chi connectivity index (χ0n) is 35.4. The average molecular weight is 790 g/mol. The molecule has 10 atom stereocenters. The Labute approximate surface area is 339 Å². The number of nitrogens with one attached hydrogen (secondary N) is 2. The van der Waals surface area contributed by atoms with Crippen molar-refractivity contribution in [3.05, 3.63) is 88.6 Å². The third kappa shape index (κ3) is 10.6. The van der Waals surface area contributed by atoms with Crippen molar-refractivity contribution in [3.63, 3.8) is 0 Å². The van der Waals surface area contributed by atoms with Gasteiger partial charge in [0, 0.05) is 60.9 Å². The number of nitrogens with zero attached hydrogens (tertiary/aromatic N) is 3. The molecule has 0 spiro atoms. The Hall–Kier alpha value is -3.78. The Morgan fingerprint density at radius 2 is 1.74 bits per heavy atom. The van der Waals surface area contributed by atoms with E-state index in [1.54, 1.807) is 19.1 Å². The minimum Gasteiger partial charge on any atom is -0.496 e. The number of rotatable bonds is 16. The van der Waals surface area contributed by atoms with E-state index in [1.165, 1.54) is 0 Å². The number of hydroxylamine groups is 2. The van der Waals surface area contributed by atoms with Crippen LogP contribution in [0.2, 0.25) is 0 Å². The van der Waals surface area contributed by atoms with Crippen LogP contribution in [0.15, 0.2) is 72.0 Å². The lowest BCUT2D eigenvalue weighted by Gasteiger charge is -2.38. The van der Waals surface area contributed by atoms with Gasteiger partial charge in [0.05, 0.1) is 32.4 Å². The number of carbonyl (C=O) groups is 2. The minimum atomic E-state index is -0.914. The van der Waals surface area contributed by atoms with Crippen molar-refractivity contribution in [3.8, 4) is 5.75 Å². The van der Waals surface area contributed by atoms with E-state index in [0.717, 1.165) is 41.6 Å². The number of likely N-dealkylation sites (N-methyl/N-ethyl adjacent to an activating group) is 1. The molecule has 314 valence electrons. The number of aliphatic hydroxyl groups is 3. The van der Waals surface area contributed by atoms with Gasteiger partial charge in [-0.25, -0.2) is 0 Å². The maximum Gasteiger partial charge on any atom is 0.251 e. The SMILES string of the molecule is COc1c(CN2O[C@@H](CO)[C@@H]([C@H](C)O)[C@H]2C(=O)N[C@H]2C[C@H](C(C)C)CC[C@@H]2C)cccc1C1C=C(C(=O)N[C@@H](CN(C)C)C(O)c2ccccc2)C=C(N(C)C)C1. The molecule has 3 aliphatic rings. The van der Waals surface area contributed by atoms with Crippen LogP contribution in [0, 0.1) is 23.7 Å². The summed E-state index contributed by atoms with van der Waals surface area (Å²) in [4.78, 5) is 38.6. The molecule has 1 aliphatic heterocycles.